The Morgan fingerprint density at radius 2 is 2.17 bits per heavy atom. The minimum Gasteiger partial charge on any atom is -0.489 e. The molecule has 1 aliphatic rings. The number of nitrogens with zero attached hydrogens (tertiary/aromatic N) is 4. The van der Waals surface area contributed by atoms with E-state index in [4.69, 9.17) is 4.74 Å². The Balaban J connectivity index is 1.98. The zero-order valence-electron chi connectivity index (χ0n) is 13.4. The molecular formula is C16H18F2N4O2. The zero-order chi connectivity index (χ0) is 17.3. The number of pyridine rings is 1. The maximum Gasteiger partial charge on any atom is 0.280 e. The van der Waals surface area contributed by atoms with Crippen LogP contribution in [0.4, 0.5) is 14.5 Å². The second kappa shape index (κ2) is 6.54. The molecule has 0 saturated carbocycles. The number of aromatic nitrogens is 3. The molecule has 2 aromatic heterocycles. The van der Waals surface area contributed by atoms with Gasteiger partial charge in [0.25, 0.3) is 12.3 Å². The number of amides is 1. The van der Waals surface area contributed by atoms with Gasteiger partial charge in [0.1, 0.15) is 23.7 Å². The molecule has 0 bridgehead atoms. The Morgan fingerprint density at radius 3 is 2.88 bits per heavy atom. The van der Waals surface area contributed by atoms with E-state index in [-0.39, 0.29) is 23.7 Å². The van der Waals surface area contributed by atoms with Crippen molar-refractivity contribution in [1.29, 1.82) is 0 Å². The summed E-state index contributed by atoms with van der Waals surface area (Å²) in [7, 11) is 0. The number of rotatable bonds is 4. The summed E-state index contributed by atoms with van der Waals surface area (Å²) in [6.07, 6.45) is 1.49. The SMILES string of the molecule is CC(C)Cn1ncc(C(=O)N2CCOc3ccncc32)c1C(F)F. The van der Waals surface area contributed by atoms with E-state index in [9.17, 15) is 13.6 Å². The molecule has 6 nitrogen and oxygen atoms in total. The second-order valence-electron chi connectivity index (χ2n) is 5.97. The van der Waals surface area contributed by atoms with Gasteiger partial charge in [0, 0.05) is 18.8 Å². The van der Waals surface area contributed by atoms with Crippen LogP contribution >= 0.6 is 0 Å². The number of halogens is 2. The van der Waals surface area contributed by atoms with Crippen LogP contribution in [0.2, 0.25) is 0 Å². The zero-order valence-corrected chi connectivity index (χ0v) is 13.4. The largest absolute Gasteiger partial charge is 0.489 e. The summed E-state index contributed by atoms with van der Waals surface area (Å²) in [4.78, 5) is 18.2. The van der Waals surface area contributed by atoms with Gasteiger partial charge in [0.15, 0.2) is 0 Å². The minimum atomic E-state index is -2.78. The first-order valence-corrected chi connectivity index (χ1v) is 7.71. The Kier molecular flexibility index (Phi) is 4.46. The number of hydrogen-bond donors (Lipinski definition) is 0. The maximum absolute atomic E-state index is 13.5. The Bertz CT molecular complexity index is 745. The molecule has 0 aromatic carbocycles. The lowest BCUT2D eigenvalue weighted by Crippen LogP contribution is -2.38. The molecule has 0 aliphatic carbocycles. The van der Waals surface area contributed by atoms with Gasteiger partial charge in [-0.2, -0.15) is 5.10 Å². The lowest BCUT2D eigenvalue weighted by molar-refractivity contribution is 0.0957. The highest BCUT2D eigenvalue weighted by Crippen LogP contribution is 2.33. The van der Waals surface area contributed by atoms with Crippen LogP contribution in [0.3, 0.4) is 0 Å². The number of alkyl halides is 2. The smallest absolute Gasteiger partial charge is 0.280 e. The molecule has 0 atom stereocenters. The molecule has 128 valence electrons. The summed E-state index contributed by atoms with van der Waals surface area (Å²) in [5.41, 5.74) is 0.0542. The van der Waals surface area contributed by atoms with Gasteiger partial charge in [-0.15, -0.1) is 0 Å². The molecule has 24 heavy (non-hydrogen) atoms. The van der Waals surface area contributed by atoms with Crippen LogP contribution in [0.25, 0.3) is 0 Å². The average Bonchev–Trinajstić information content (AvgIpc) is 2.96. The summed E-state index contributed by atoms with van der Waals surface area (Å²) in [6.45, 7) is 4.71. The van der Waals surface area contributed by atoms with Crippen molar-refractivity contribution in [1.82, 2.24) is 14.8 Å². The monoisotopic (exact) mass is 336 g/mol. The Hall–Kier alpha value is -2.51. The summed E-state index contributed by atoms with van der Waals surface area (Å²) in [5, 5.41) is 3.99. The minimum absolute atomic E-state index is 0.0812. The van der Waals surface area contributed by atoms with Crippen LogP contribution in [0.5, 0.6) is 5.75 Å². The van der Waals surface area contributed by atoms with Gasteiger partial charge in [-0.25, -0.2) is 8.78 Å². The molecular weight excluding hydrogens is 318 g/mol. The van der Waals surface area contributed by atoms with E-state index in [1.54, 1.807) is 12.3 Å². The maximum atomic E-state index is 13.5. The normalized spacial score (nSPS) is 14.0. The van der Waals surface area contributed by atoms with E-state index in [1.165, 1.54) is 22.0 Å². The average molecular weight is 336 g/mol. The summed E-state index contributed by atoms with van der Waals surface area (Å²) in [5.74, 6) is 0.134. The standard InChI is InChI=1S/C16H18F2N4O2/c1-10(2)9-22-14(15(17)18)11(7-20-22)16(23)21-5-6-24-13-3-4-19-8-12(13)21/h3-4,7-8,10,15H,5-6,9H2,1-2H3. The molecule has 3 rings (SSSR count). The Morgan fingerprint density at radius 1 is 1.38 bits per heavy atom. The fourth-order valence-corrected chi connectivity index (χ4v) is 2.70. The highest BCUT2D eigenvalue weighted by molar-refractivity contribution is 6.07. The van der Waals surface area contributed by atoms with Crippen molar-refractivity contribution >= 4 is 11.6 Å². The van der Waals surface area contributed by atoms with Crippen molar-refractivity contribution < 1.29 is 18.3 Å². The topological polar surface area (TPSA) is 60.2 Å². The number of ether oxygens (including phenoxy) is 1. The van der Waals surface area contributed by atoms with Crippen molar-refractivity contribution in [3.8, 4) is 5.75 Å². The van der Waals surface area contributed by atoms with Crippen molar-refractivity contribution in [3.05, 3.63) is 35.9 Å². The van der Waals surface area contributed by atoms with E-state index in [0.717, 1.165) is 0 Å². The lowest BCUT2D eigenvalue weighted by atomic mass is 10.1. The lowest BCUT2D eigenvalue weighted by Gasteiger charge is -2.29. The highest BCUT2D eigenvalue weighted by Gasteiger charge is 2.31. The van der Waals surface area contributed by atoms with Gasteiger partial charge in [-0.3, -0.25) is 14.5 Å². The van der Waals surface area contributed by atoms with Gasteiger partial charge in [0.2, 0.25) is 0 Å². The first-order valence-electron chi connectivity index (χ1n) is 7.71. The van der Waals surface area contributed by atoms with Crippen LogP contribution in [0.15, 0.2) is 24.7 Å². The van der Waals surface area contributed by atoms with Crippen molar-refractivity contribution in [3.63, 3.8) is 0 Å². The van der Waals surface area contributed by atoms with Crippen molar-refractivity contribution in [2.75, 3.05) is 18.1 Å². The first kappa shape index (κ1) is 16.4. The van der Waals surface area contributed by atoms with Crippen LogP contribution < -0.4 is 9.64 Å². The van der Waals surface area contributed by atoms with Crippen LogP contribution in [-0.4, -0.2) is 33.8 Å². The van der Waals surface area contributed by atoms with Crippen LogP contribution in [0, 0.1) is 5.92 Å². The predicted molar refractivity (Wildman–Crippen MR) is 83.4 cm³/mol. The molecule has 0 unspecified atom stereocenters. The first-order chi connectivity index (χ1) is 11.5. The molecule has 0 saturated heterocycles. The number of carbonyl (C=O) groups excluding carboxylic acids is 1. The molecule has 1 amide bonds. The molecule has 1 aliphatic heterocycles. The number of anilines is 1. The van der Waals surface area contributed by atoms with Gasteiger partial charge in [-0.05, 0) is 5.92 Å². The molecule has 0 N–H and O–H groups in total. The second-order valence-corrected chi connectivity index (χ2v) is 5.97. The fourth-order valence-electron chi connectivity index (χ4n) is 2.70. The van der Waals surface area contributed by atoms with Crippen molar-refractivity contribution in [2.45, 2.75) is 26.8 Å². The highest BCUT2D eigenvalue weighted by atomic mass is 19.3. The molecule has 3 heterocycles. The number of fused-ring (bicyclic) bond motifs is 1. The molecule has 0 fully saturated rings. The molecule has 0 radical (unpaired) electrons. The third-order valence-electron chi connectivity index (χ3n) is 3.73. The fraction of sp³-hybridized carbons (Fsp3) is 0.438. The van der Waals surface area contributed by atoms with Gasteiger partial charge < -0.3 is 9.64 Å². The van der Waals surface area contributed by atoms with E-state index in [2.05, 4.69) is 10.1 Å². The van der Waals surface area contributed by atoms with E-state index in [0.29, 0.717) is 24.6 Å². The summed E-state index contributed by atoms with van der Waals surface area (Å²) < 4.78 is 33.7. The number of hydrogen-bond acceptors (Lipinski definition) is 4. The molecule has 0 spiro atoms. The van der Waals surface area contributed by atoms with E-state index < -0.39 is 12.3 Å². The summed E-state index contributed by atoms with van der Waals surface area (Å²) in [6, 6.07) is 1.64. The van der Waals surface area contributed by atoms with E-state index in [1.807, 2.05) is 13.8 Å². The third kappa shape index (κ3) is 2.95. The quantitative estimate of drug-likeness (QED) is 0.861. The number of carbonyl (C=O) groups is 1. The molecule has 8 heteroatoms. The van der Waals surface area contributed by atoms with Gasteiger partial charge in [-0.1, -0.05) is 13.8 Å². The van der Waals surface area contributed by atoms with Crippen LogP contribution in [0.1, 0.15) is 36.3 Å². The van der Waals surface area contributed by atoms with Gasteiger partial charge in [0.05, 0.1) is 24.5 Å². The predicted octanol–water partition coefficient (Wildman–Crippen LogP) is 2.91. The summed E-state index contributed by atoms with van der Waals surface area (Å²) >= 11 is 0. The van der Waals surface area contributed by atoms with Gasteiger partial charge >= 0.3 is 0 Å². The van der Waals surface area contributed by atoms with Crippen LogP contribution in [-0.2, 0) is 6.54 Å². The van der Waals surface area contributed by atoms with Crippen molar-refractivity contribution in [2.24, 2.45) is 5.92 Å². The molecule has 2 aromatic rings. The third-order valence-corrected chi connectivity index (χ3v) is 3.73. The Labute approximate surface area is 138 Å². The van der Waals surface area contributed by atoms with E-state index >= 15 is 0 Å².